The first-order chi connectivity index (χ1) is 12.0. The van der Waals surface area contributed by atoms with E-state index >= 15 is 0 Å². The van der Waals surface area contributed by atoms with Crippen LogP contribution < -0.4 is 19.5 Å². The van der Waals surface area contributed by atoms with E-state index in [1.165, 1.54) is 6.08 Å². The van der Waals surface area contributed by atoms with Gasteiger partial charge in [-0.1, -0.05) is 12.1 Å². The molecule has 2 rings (SSSR count). The number of amides is 1. The summed E-state index contributed by atoms with van der Waals surface area (Å²) in [4.78, 5) is 12.2. The van der Waals surface area contributed by atoms with Crippen LogP contribution >= 0.6 is 0 Å². The van der Waals surface area contributed by atoms with Crippen molar-refractivity contribution in [2.24, 2.45) is 0 Å². The Morgan fingerprint density at radius 3 is 2.20 bits per heavy atom. The van der Waals surface area contributed by atoms with Gasteiger partial charge in [-0.2, -0.15) is 0 Å². The summed E-state index contributed by atoms with van der Waals surface area (Å²) in [5, 5.41) is 2.89. The van der Waals surface area contributed by atoms with Gasteiger partial charge >= 0.3 is 0 Å². The quantitative estimate of drug-likeness (QED) is 0.808. The van der Waals surface area contributed by atoms with Crippen molar-refractivity contribution in [2.75, 3.05) is 26.6 Å². The Morgan fingerprint density at radius 2 is 1.56 bits per heavy atom. The maximum atomic E-state index is 12.2. The molecule has 0 aromatic heterocycles. The van der Waals surface area contributed by atoms with Crippen LogP contribution in [0.15, 0.2) is 36.4 Å². The summed E-state index contributed by atoms with van der Waals surface area (Å²) in [6.45, 7) is 3.94. The lowest BCUT2D eigenvalue weighted by atomic mass is 10.1. The fraction of sp³-hybridized carbons (Fsp3) is 0.250. The third-order valence-electron chi connectivity index (χ3n) is 3.80. The van der Waals surface area contributed by atoms with E-state index in [0.717, 1.165) is 22.4 Å². The lowest BCUT2D eigenvalue weighted by Crippen LogP contribution is -2.09. The van der Waals surface area contributed by atoms with Gasteiger partial charge in [-0.05, 0) is 43.2 Å². The number of methoxy groups -OCH3 is 3. The maximum Gasteiger partial charge on any atom is 0.248 e. The smallest absolute Gasteiger partial charge is 0.248 e. The number of carbonyl (C=O) groups excluding carboxylic acids is 1. The largest absolute Gasteiger partial charge is 0.496 e. The molecule has 5 nitrogen and oxygen atoms in total. The highest BCUT2D eigenvalue weighted by Crippen LogP contribution is 2.35. The first-order valence-corrected chi connectivity index (χ1v) is 7.84. The maximum absolute atomic E-state index is 12.2. The predicted molar refractivity (Wildman–Crippen MR) is 99.7 cm³/mol. The summed E-state index contributed by atoms with van der Waals surface area (Å²) in [6.07, 6.45) is 3.15. The molecule has 0 saturated heterocycles. The van der Waals surface area contributed by atoms with Crippen molar-refractivity contribution in [3.8, 4) is 17.2 Å². The van der Waals surface area contributed by atoms with Crippen molar-refractivity contribution in [3.63, 3.8) is 0 Å². The van der Waals surface area contributed by atoms with Crippen molar-refractivity contribution >= 4 is 17.7 Å². The summed E-state index contributed by atoms with van der Waals surface area (Å²) < 4.78 is 15.9. The second-order valence-electron chi connectivity index (χ2n) is 5.59. The Bertz CT molecular complexity index is 797. The fourth-order valence-electron chi connectivity index (χ4n) is 2.39. The van der Waals surface area contributed by atoms with Crippen LogP contribution in [0.25, 0.3) is 6.08 Å². The van der Waals surface area contributed by atoms with Gasteiger partial charge in [0.25, 0.3) is 0 Å². The number of aryl methyl sites for hydroxylation is 2. The number of hydrogen-bond donors (Lipinski definition) is 1. The molecule has 2 aromatic rings. The zero-order valence-corrected chi connectivity index (χ0v) is 15.2. The van der Waals surface area contributed by atoms with Gasteiger partial charge in [0.2, 0.25) is 5.91 Å². The third-order valence-corrected chi connectivity index (χ3v) is 3.80. The third kappa shape index (κ3) is 4.53. The van der Waals surface area contributed by atoms with E-state index in [4.69, 9.17) is 14.2 Å². The zero-order chi connectivity index (χ0) is 18.4. The Labute approximate surface area is 148 Å². The molecule has 0 aliphatic carbocycles. The summed E-state index contributed by atoms with van der Waals surface area (Å²) >= 11 is 0. The van der Waals surface area contributed by atoms with Crippen LogP contribution in [0.2, 0.25) is 0 Å². The van der Waals surface area contributed by atoms with Crippen molar-refractivity contribution in [1.29, 1.82) is 0 Å². The molecule has 0 unspecified atom stereocenters. The average Bonchev–Trinajstić information content (AvgIpc) is 2.62. The Hall–Kier alpha value is -2.95. The van der Waals surface area contributed by atoms with E-state index in [1.807, 2.05) is 32.0 Å². The first-order valence-electron chi connectivity index (χ1n) is 7.84. The van der Waals surface area contributed by atoms with Crippen molar-refractivity contribution < 1.29 is 19.0 Å². The number of ether oxygens (including phenoxy) is 3. The SMILES string of the molecule is COc1cc(OC)c(OC)cc1/C=C/C(=O)Nc1cc(C)ccc1C. The van der Waals surface area contributed by atoms with Crippen LogP contribution in [0.3, 0.4) is 0 Å². The van der Waals surface area contributed by atoms with Crippen LogP contribution in [-0.4, -0.2) is 27.2 Å². The molecule has 1 amide bonds. The van der Waals surface area contributed by atoms with Gasteiger partial charge in [0, 0.05) is 23.4 Å². The molecule has 0 fully saturated rings. The van der Waals surface area contributed by atoms with Crippen molar-refractivity contribution in [2.45, 2.75) is 13.8 Å². The zero-order valence-electron chi connectivity index (χ0n) is 15.2. The van der Waals surface area contributed by atoms with Crippen LogP contribution in [-0.2, 0) is 4.79 Å². The number of benzene rings is 2. The number of carbonyl (C=O) groups is 1. The molecule has 5 heteroatoms. The number of anilines is 1. The molecule has 0 heterocycles. The van der Waals surface area contributed by atoms with E-state index in [-0.39, 0.29) is 5.91 Å². The molecule has 0 atom stereocenters. The minimum Gasteiger partial charge on any atom is -0.496 e. The Morgan fingerprint density at radius 1 is 0.920 bits per heavy atom. The van der Waals surface area contributed by atoms with E-state index in [2.05, 4.69) is 5.32 Å². The van der Waals surface area contributed by atoms with Gasteiger partial charge in [-0.25, -0.2) is 0 Å². The van der Waals surface area contributed by atoms with Gasteiger partial charge in [-0.15, -0.1) is 0 Å². The summed E-state index contributed by atoms with van der Waals surface area (Å²) in [7, 11) is 4.68. The van der Waals surface area contributed by atoms with E-state index in [9.17, 15) is 4.79 Å². The van der Waals surface area contributed by atoms with Gasteiger partial charge in [0.05, 0.1) is 21.3 Å². The van der Waals surface area contributed by atoms with Gasteiger partial charge in [0.15, 0.2) is 11.5 Å². The molecule has 1 N–H and O–H groups in total. The molecule has 132 valence electrons. The predicted octanol–water partition coefficient (Wildman–Crippen LogP) is 3.98. The van der Waals surface area contributed by atoms with Gasteiger partial charge in [0.1, 0.15) is 5.75 Å². The average molecular weight is 341 g/mol. The first kappa shape index (κ1) is 18.4. The van der Waals surface area contributed by atoms with E-state index in [0.29, 0.717) is 17.2 Å². The fourth-order valence-corrected chi connectivity index (χ4v) is 2.39. The Balaban J connectivity index is 2.23. The lowest BCUT2D eigenvalue weighted by molar-refractivity contribution is -0.111. The Kier molecular flexibility index (Phi) is 6.06. The molecular weight excluding hydrogens is 318 g/mol. The summed E-state index contributed by atoms with van der Waals surface area (Å²) in [5.74, 6) is 1.51. The molecule has 0 saturated carbocycles. The number of hydrogen-bond acceptors (Lipinski definition) is 4. The highest BCUT2D eigenvalue weighted by molar-refractivity contribution is 6.02. The molecule has 2 aromatic carbocycles. The number of rotatable bonds is 6. The van der Waals surface area contributed by atoms with E-state index < -0.39 is 0 Å². The van der Waals surface area contributed by atoms with Crippen LogP contribution in [0.1, 0.15) is 16.7 Å². The molecule has 0 radical (unpaired) electrons. The van der Waals surface area contributed by atoms with Crippen LogP contribution in [0.5, 0.6) is 17.2 Å². The molecule has 0 spiro atoms. The highest BCUT2D eigenvalue weighted by Gasteiger charge is 2.10. The molecule has 0 bridgehead atoms. The van der Waals surface area contributed by atoms with Gasteiger partial charge in [-0.3, -0.25) is 4.79 Å². The standard InChI is InChI=1S/C20H23NO4/c1-13-6-7-14(2)16(10-13)21-20(22)9-8-15-11-18(24-4)19(25-5)12-17(15)23-3/h6-12H,1-5H3,(H,21,22)/b9-8+. The van der Waals surface area contributed by atoms with Gasteiger partial charge < -0.3 is 19.5 Å². The monoisotopic (exact) mass is 341 g/mol. The van der Waals surface area contributed by atoms with Crippen molar-refractivity contribution in [3.05, 3.63) is 53.1 Å². The summed E-state index contributed by atoms with van der Waals surface area (Å²) in [5.41, 5.74) is 3.62. The summed E-state index contributed by atoms with van der Waals surface area (Å²) in [6, 6.07) is 9.42. The lowest BCUT2D eigenvalue weighted by Gasteiger charge is -2.12. The molecule has 0 aliphatic rings. The second kappa shape index (κ2) is 8.24. The minimum absolute atomic E-state index is 0.217. The minimum atomic E-state index is -0.217. The second-order valence-corrected chi connectivity index (χ2v) is 5.59. The molecule has 25 heavy (non-hydrogen) atoms. The number of nitrogens with one attached hydrogen (secondary N) is 1. The van der Waals surface area contributed by atoms with E-state index in [1.54, 1.807) is 39.5 Å². The van der Waals surface area contributed by atoms with Crippen molar-refractivity contribution in [1.82, 2.24) is 0 Å². The van der Waals surface area contributed by atoms with Crippen LogP contribution in [0.4, 0.5) is 5.69 Å². The highest BCUT2D eigenvalue weighted by atomic mass is 16.5. The normalized spacial score (nSPS) is 10.6. The van der Waals surface area contributed by atoms with Crippen LogP contribution in [0, 0.1) is 13.8 Å². The molecule has 0 aliphatic heterocycles. The topological polar surface area (TPSA) is 56.8 Å². The molecular formula is C20H23NO4.